The van der Waals surface area contributed by atoms with Gasteiger partial charge in [0.2, 0.25) is 0 Å². The second-order valence-electron chi connectivity index (χ2n) is 6.41. The van der Waals surface area contributed by atoms with Crippen LogP contribution in [-0.2, 0) is 4.79 Å². The summed E-state index contributed by atoms with van der Waals surface area (Å²) in [6.45, 7) is 2.68. The molecule has 0 amide bonds. The van der Waals surface area contributed by atoms with E-state index in [4.69, 9.17) is 5.11 Å². The number of hydrogen-bond acceptors (Lipinski definition) is 1. The van der Waals surface area contributed by atoms with Crippen LogP contribution in [0.5, 0.6) is 0 Å². The normalized spacial score (nSPS) is 15.5. The Bertz CT molecular complexity index is 749. The Morgan fingerprint density at radius 2 is 0.879 bits per heavy atom. The molecular weight excluding hydrogens is 523 g/mol. The summed E-state index contributed by atoms with van der Waals surface area (Å²) in [4.78, 5) is 10.3. The predicted octanol–water partition coefficient (Wildman–Crippen LogP) is 6.81. The molecule has 0 saturated carbocycles. The Morgan fingerprint density at radius 3 is 1.18 bits per heavy atom. The van der Waals surface area contributed by atoms with Gasteiger partial charge >= 0.3 is 53.6 Å². The Morgan fingerprint density at radius 1 is 0.576 bits per heavy atom. The van der Waals surface area contributed by atoms with Crippen molar-refractivity contribution in [1.82, 2.24) is 0 Å². The molecule has 0 aromatic rings. The molecule has 0 aliphatic rings. The Hall–Kier alpha value is -1.98. The van der Waals surface area contributed by atoms with Crippen LogP contribution in [0, 0.1) is 0 Å². The molecule has 0 fully saturated rings. The number of carboxylic acid groups (broad SMARTS) is 1. The summed E-state index contributed by atoms with van der Waals surface area (Å²) in [7, 11) is 0. The van der Waals surface area contributed by atoms with Gasteiger partial charge in [-0.15, -0.1) is 0 Å². The van der Waals surface area contributed by atoms with Crippen molar-refractivity contribution in [2.75, 3.05) is 0 Å². The van der Waals surface area contributed by atoms with Crippen molar-refractivity contribution in [2.45, 2.75) is 66.9 Å². The van der Waals surface area contributed by atoms with Crippen molar-refractivity contribution < 1.29 is 84.5 Å². The molecule has 19 heteroatoms. The van der Waals surface area contributed by atoms with Crippen molar-refractivity contribution in [1.29, 1.82) is 0 Å². The van der Waals surface area contributed by atoms with Crippen molar-refractivity contribution in [3.8, 4) is 0 Å². The van der Waals surface area contributed by atoms with Crippen LogP contribution in [-0.4, -0.2) is 58.7 Å². The van der Waals surface area contributed by atoms with Crippen molar-refractivity contribution in [2.24, 2.45) is 0 Å². The van der Waals surface area contributed by atoms with E-state index in [1.165, 1.54) is 0 Å². The summed E-state index contributed by atoms with van der Waals surface area (Å²) < 4.78 is 221. The fourth-order valence-corrected chi connectivity index (χ4v) is 1.98. The predicted molar refractivity (Wildman–Crippen MR) is 71.3 cm³/mol. The molecule has 0 atom stereocenters. The summed E-state index contributed by atoms with van der Waals surface area (Å²) in [6.07, 6.45) is -13.2. The highest BCUT2D eigenvalue weighted by molar-refractivity contribution is 5.85. The highest BCUT2D eigenvalue weighted by Crippen LogP contribution is 2.64. The number of carboxylic acids is 1. The number of carbonyl (C=O) groups is 1. The fourth-order valence-electron chi connectivity index (χ4n) is 1.98. The number of hydrogen-bond donors (Lipinski definition) is 1. The summed E-state index contributed by atoms with van der Waals surface area (Å²) in [5.74, 6) is -58.6. The largest absolute Gasteiger partial charge is 0.478 e. The molecule has 0 heterocycles. The van der Waals surface area contributed by atoms with Gasteiger partial charge in [0.25, 0.3) is 0 Å². The van der Waals surface area contributed by atoms with Gasteiger partial charge in [-0.2, -0.15) is 74.6 Å². The molecule has 0 rings (SSSR count). The van der Waals surface area contributed by atoms with Crippen molar-refractivity contribution in [3.63, 3.8) is 0 Å². The summed E-state index contributed by atoms with van der Waals surface area (Å²) in [5.41, 5.74) is -1.01. The lowest BCUT2D eigenvalue weighted by Gasteiger charge is -2.42. The maximum atomic E-state index is 13.5. The molecule has 0 aromatic heterocycles. The molecule has 0 aliphatic heterocycles. The van der Waals surface area contributed by atoms with Gasteiger partial charge in [-0.25, -0.2) is 4.79 Å². The van der Waals surface area contributed by atoms with Crippen LogP contribution in [0.15, 0.2) is 12.2 Å². The van der Waals surface area contributed by atoms with Gasteiger partial charge in [0.1, 0.15) is 0 Å². The minimum absolute atomic E-state index is 1.01. The molecule has 0 saturated heterocycles. The molecule has 0 aromatic carbocycles. The second kappa shape index (κ2) is 8.35. The van der Waals surface area contributed by atoms with Crippen LogP contribution < -0.4 is 0 Å². The third-order valence-electron chi connectivity index (χ3n) is 4.06. The summed E-state index contributed by atoms with van der Waals surface area (Å²) in [5, 5.41) is 8.35. The second-order valence-corrected chi connectivity index (χ2v) is 6.41. The maximum Gasteiger partial charge on any atom is 0.460 e. The van der Waals surface area contributed by atoms with Gasteiger partial charge in [0.15, 0.2) is 0 Å². The first-order valence-corrected chi connectivity index (χ1v) is 7.70. The van der Waals surface area contributed by atoms with E-state index >= 15 is 0 Å². The van der Waals surface area contributed by atoms with Crippen molar-refractivity contribution in [3.05, 3.63) is 12.2 Å². The van der Waals surface area contributed by atoms with E-state index in [9.17, 15) is 79.4 Å². The van der Waals surface area contributed by atoms with Gasteiger partial charge in [-0.3, -0.25) is 0 Å². The fraction of sp³-hybridized carbons (Fsp3) is 0.786. The molecule has 2 nitrogen and oxygen atoms in total. The first-order valence-electron chi connectivity index (χ1n) is 7.70. The van der Waals surface area contributed by atoms with Crippen LogP contribution in [0.3, 0.4) is 0 Å². The van der Waals surface area contributed by atoms with Crippen LogP contribution in [0.1, 0.15) is 19.3 Å². The number of aliphatic carboxylic acids is 1. The van der Waals surface area contributed by atoms with E-state index in [1.807, 2.05) is 0 Å². The zero-order valence-corrected chi connectivity index (χ0v) is 15.1. The number of alkyl halides is 17. The average Bonchev–Trinajstić information content (AvgIpc) is 2.59. The minimum Gasteiger partial charge on any atom is -0.478 e. The van der Waals surface area contributed by atoms with E-state index < -0.39 is 78.4 Å². The van der Waals surface area contributed by atoms with Gasteiger partial charge in [-0.05, 0) is 12.8 Å². The van der Waals surface area contributed by atoms with Gasteiger partial charge in [-0.1, -0.05) is 6.58 Å². The molecule has 0 spiro atoms. The highest BCUT2D eigenvalue weighted by Gasteiger charge is 2.95. The van der Waals surface area contributed by atoms with Crippen LogP contribution in [0.25, 0.3) is 0 Å². The van der Waals surface area contributed by atoms with Crippen LogP contribution in [0.2, 0.25) is 0 Å². The zero-order valence-electron chi connectivity index (χ0n) is 15.1. The number of halogens is 17. The summed E-state index contributed by atoms with van der Waals surface area (Å²) >= 11 is 0. The molecule has 0 unspecified atom stereocenters. The standard InChI is InChI=1S/C14H9F17O2/c1-5(6(32)33)3-2-4-7(15,16)8(17,18)9(19,20)10(21,22)11(23,24)12(25,26)13(27,28)14(29,30)31/h1-4H2,(H,32,33). The topological polar surface area (TPSA) is 37.3 Å². The van der Waals surface area contributed by atoms with Crippen LogP contribution >= 0.6 is 0 Å². The Labute approximate surface area is 171 Å². The maximum absolute atomic E-state index is 13.5. The first-order chi connectivity index (χ1) is 14.1. The Kier molecular flexibility index (Phi) is 7.85. The third kappa shape index (κ3) is 4.54. The van der Waals surface area contributed by atoms with Gasteiger partial charge in [0.05, 0.1) is 0 Å². The zero-order chi connectivity index (χ0) is 27.3. The van der Waals surface area contributed by atoms with Gasteiger partial charge < -0.3 is 5.11 Å². The molecule has 33 heavy (non-hydrogen) atoms. The smallest absolute Gasteiger partial charge is 0.460 e. The lowest BCUT2D eigenvalue weighted by molar-refractivity contribution is -0.461. The SMILES string of the molecule is C=C(CCCC(F)(F)C(F)(F)C(F)(F)C(F)(F)C(F)(F)C(F)(F)C(F)(F)C(F)(F)F)C(=O)O. The molecule has 0 radical (unpaired) electrons. The van der Waals surface area contributed by atoms with E-state index in [2.05, 4.69) is 6.58 Å². The lowest BCUT2D eigenvalue weighted by atomic mass is 9.87. The van der Waals surface area contributed by atoms with E-state index in [0.29, 0.717) is 0 Å². The molecule has 1 N–H and O–H groups in total. The monoisotopic (exact) mass is 532 g/mol. The van der Waals surface area contributed by atoms with Crippen LogP contribution in [0.4, 0.5) is 74.6 Å². The first kappa shape index (κ1) is 31.0. The third-order valence-corrected chi connectivity index (χ3v) is 4.06. The minimum atomic E-state index is -8.67. The quantitative estimate of drug-likeness (QED) is 0.235. The highest BCUT2D eigenvalue weighted by atomic mass is 19.4. The molecule has 0 aliphatic carbocycles. The van der Waals surface area contributed by atoms with Gasteiger partial charge in [0, 0.05) is 12.0 Å². The van der Waals surface area contributed by atoms with E-state index in [0.717, 1.165) is 0 Å². The van der Waals surface area contributed by atoms with E-state index in [1.54, 1.807) is 0 Å². The summed E-state index contributed by atoms with van der Waals surface area (Å²) in [6, 6.07) is 0. The number of rotatable bonds is 11. The molecular formula is C14H9F17O2. The Balaban J connectivity index is 6.36. The molecule has 0 bridgehead atoms. The van der Waals surface area contributed by atoms with Crippen molar-refractivity contribution >= 4 is 5.97 Å². The lowest BCUT2D eigenvalue weighted by Crippen LogP contribution is -2.74. The van der Waals surface area contributed by atoms with E-state index in [-0.39, 0.29) is 0 Å². The molecule has 196 valence electrons. The average molecular weight is 532 g/mol.